The number of alkyl halides is 3. The van der Waals surface area contributed by atoms with Gasteiger partial charge in [0.25, 0.3) is 5.91 Å². The van der Waals surface area contributed by atoms with E-state index in [1.165, 1.54) is 39.7 Å². The SMILES string of the molecule is CCCSc1cccc(S(=O)(=O)N2CCC(Oc3ccc(C(F)(F)F)cc3)CC2)c1C(=O)NO. The molecule has 2 aromatic rings. The molecule has 7 nitrogen and oxygen atoms in total. The maximum absolute atomic E-state index is 13.4. The van der Waals surface area contributed by atoms with Gasteiger partial charge in [-0.15, -0.1) is 11.8 Å². The number of sulfonamides is 1. The van der Waals surface area contributed by atoms with Crippen LogP contribution in [0.4, 0.5) is 13.2 Å². The predicted molar refractivity (Wildman–Crippen MR) is 121 cm³/mol. The summed E-state index contributed by atoms with van der Waals surface area (Å²) in [6.45, 7) is 2.18. The number of carbonyl (C=O) groups is 1. The zero-order valence-corrected chi connectivity index (χ0v) is 20.0. The van der Waals surface area contributed by atoms with Crippen molar-refractivity contribution in [3.63, 3.8) is 0 Å². The lowest BCUT2D eigenvalue weighted by molar-refractivity contribution is -0.137. The minimum absolute atomic E-state index is 0.105. The number of hydrogen-bond acceptors (Lipinski definition) is 6. The molecule has 0 saturated carbocycles. The Balaban J connectivity index is 1.73. The molecule has 0 aromatic heterocycles. The maximum atomic E-state index is 13.4. The highest BCUT2D eigenvalue weighted by Gasteiger charge is 2.34. The number of carbonyl (C=O) groups excluding carboxylic acids is 1. The summed E-state index contributed by atoms with van der Waals surface area (Å²) in [5, 5.41) is 9.18. The van der Waals surface area contributed by atoms with Crippen LogP contribution in [0.5, 0.6) is 5.75 Å². The Morgan fingerprint density at radius 2 is 1.82 bits per heavy atom. The number of benzene rings is 2. The summed E-state index contributed by atoms with van der Waals surface area (Å²) in [4.78, 5) is 12.6. The van der Waals surface area contributed by atoms with E-state index >= 15 is 0 Å². The molecule has 1 aliphatic rings. The maximum Gasteiger partial charge on any atom is 0.416 e. The summed E-state index contributed by atoms with van der Waals surface area (Å²) in [5.41, 5.74) is 0.655. The lowest BCUT2D eigenvalue weighted by atomic mass is 10.1. The van der Waals surface area contributed by atoms with Crippen LogP contribution >= 0.6 is 11.8 Å². The van der Waals surface area contributed by atoms with Crippen LogP contribution in [0.15, 0.2) is 52.3 Å². The summed E-state index contributed by atoms with van der Waals surface area (Å²) < 4.78 is 71.9. The molecule has 34 heavy (non-hydrogen) atoms. The lowest BCUT2D eigenvalue weighted by Gasteiger charge is -2.32. The molecule has 1 heterocycles. The summed E-state index contributed by atoms with van der Waals surface area (Å²) in [6.07, 6.45) is -3.34. The van der Waals surface area contributed by atoms with Crippen molar-refractivity contribution in [2.24, 2.45) is 0 Å². The van der Waals surface area contributed by atoms with Crippen molar-refractivity contribution >= 4 is 27.7 Å². The average molecular weight is 519 g/mol. The largest absolute Gasteiger partial charge is 0.490 e. The smallest absolute Gasteiger partial charge is 0.416 e. The number of halogens is 3. The molecule has 0 bridgehead atoms. The van der Waals surface area contributed by atoms with Crippen molar-refractivity contribution in [1.82, 2.24) is 9.79 Å². The number of thioether (sulfide) groups is 1. The number of nitrogens with one attached hydrogen (secondary N) is 1. The second-order valence-corrected chi connectivity index (χ2v) is 10.7. The molecule has 186 valence electrons. The van der Waals surface area contributed by atoms with Gasteiger partial charge in [0.1, 0.15) is 11.9 Å². The minimum Gasteiger partial charge on any atom is -0.490 e. The molecule has 0 spiro atoms. The van der Waals surface area contributed by atoms with Gasteiger partial charge >= 0.3 is 6.18 Å². The van der Waals surface area contributed by atoms with Crippen LogP contribution < -0.4 is 10.2 Å². The van der Waals surface area contributed by atoms with Gasteiger partial charge in [0, 0.05) is 18.0 Å². The quantitative estimate of drug-likeness (QED) is 0.302. The number of piperidine rings is 1. The standard InChI is InChI=1S/C22H25F3N2O5S2/c1-2-14-33-18-4-3-5-19(20(18)21(28)26-29)34(30,31)27-12-10-17(11-13-27)32-16-8-6-15(7-9-16)22(23,24)25/h3-9,17,29H,2,10-14H2,1H3,(H,26,28). The molecule has 1 saturated heterocycles. The normalized spacial score (nSPS) is 15.8. The Labute approximate surface area is 200 Å². The van der Waals surface area contributed by atoms with Crippen molar-refractivity contribution in [2.75, 3.05) is 18.8 Å². The van der Waals surface area contributed by atoms with Gasteiger partial charge < -0.3 is 4.74 Å². The Morgan fingerprint density at radius 3 is 2.38 bits per heavy atom. The van der Waals surface area contributed by atoms with E-state index in [4.69, 9.17) is 4.74 Å². The van der Waals surface area contributed by atoms with Gasteiger partial charge in [0.15, 0.2) is 0 Å². The monoisotopic (exact) mass is 518 g/mol. The molecule has 2 aromatic carbocycles. The van der Waals surface area contributed by atoms with Crippen LogP contribution in [0.2, 0.25) is 0 Å². The number of nitrogens with zero attached hydrogens (tertiary/aromatic N) is 1. The topological polar surface area (TPSA) is 95.9 Å². The van der Waals surface area contributed by atoms with Gasteiger partial charge in [-0.25, -0.2) is 13.9 Å². The molecule has 0 aliphatic carbocycles. The first-order valence-electron chi connectivity index (χ1n) is 10.6. The van der Waals surface area contributed by atoms with Crippen LogP contribution in [-0.4, -0.2) is 48.8 Å². The first kappa shape index (κ1) is 26.3. The molecule has 1 fully saturated rings. The first-order chi connectivity index (χ1) is 16.1. The summed E-state index contributed by atoms with van der Waals surface area (Å²) in [5.74, 6) is 0.0391. The van der Waals surface area contributed by atoms with E-state index in [1.807, 2.05) is 6.92 Å². The van der Waals surface area contributed by atoms with Crippen LogP contribution in [0.1, 0.15) is 42.1 Å². The third-order valence-electron chi connectivity index (χ3n) is 5.28. The zero-order valence-electron chi connectivity index (χ0n) is 18.3. The van der Waals surface area contributed by atoms with E-state index in [1.54, 1.807) is 12.1 Å². The molecule has 0 radical (unpaired) electrons. The third kappa shape index (κ3) is 6.04. The minimum atomic E-state index is -4.43. The molecule has 3 rings (SSSR count). The van der Waals surface area contributed by atoms with Gasteiger partial charge in [0.05, 0.1) is 16.0 Å². The van der Waals surface area contributed by atoms with Gasteiger partial charge in [-0.2, -0.15) is 17.5 Å². The Bertz CT molecular complexity index is 1100. The molecular weight excluding hydrogens is 493 g/mol. The number of ether oxygens (including phenoxy) is 1. The number of hydrogen-bond donors (Lipinski definition) is 2. The fraction of sp³-hybridized carbons (Fsp3) is 0.409. The van der Waals surface area contributed by atoms with Crippen molar-refractivity contribution in [1.29, 1.82) is 0 Å². The first-order valence-corrected chi connectivity index (χ1v) is 13.0. The summed E-state index contributed by atoms with van der Waals surface area (Å²) >= 11 is 1.33. The molecular formula is C22H25F3N2O5S2. The third-order valence-corrected chi connectivity index (χ3v) is 8.49. The number of rotatable bonds is 8. The van der Waals surface area contributed by atoms with Crippen LogP contribution in [0.3, 0.4) is 0 Å². The van der Waals surface area contributed by atoms with Crippen molar-refractivity contribution in [3.05, 3.63) is 53.6 Å². The van der Waals surface area contributed by atoms with Crippen molar-refractivity contribution < 1.29 is 36.3 Å². The second-order valence-electron chi connectivity index (χ2n) is 7.66. The fourth-order valence-electron chi connectivity index (χ4n) is 3.58. The zero-order chi connectivity index (χ0) is 24.9. The van der Waals surface area contributed by atoms with Crippen LogP contribution in [0, 0.1) is 0 Å². The highest BCUT2D eigenvalue weighted by molar-refractivity contribution is 7.99. The molecule has 0 unspecified atom stereocenters. The van der Waals surface area contributed by atoms with Crippen molar-refractivity contribution in [2.45, 2.75) is 48.3 Å². The lowest BCUT2D eigenvalue weighted by Crippen LogP contribution is -2.42. The van der Waals surface area contributed by atoms with Gasteiger partial charge in [-0.1, -0.05) is 13.0 Å². The highest BCUT2D eigenvalue weighted by atomic mass is 32.2. The van der Waals surface area contributed by atoms with Crippen LogP contribution in [-0.2, 0) is 16.2 Å². The molecule has 12 heteroatoms. The number of hydroxylamine groups is 1. The Kier molecular flexibility index (Phi) is 8.50. The summed E-state index contributed by atoms with van der Waals surface area (Å²) in [7, 11) is -4.05. The molecule has 2 N–H and O–H groups in total. The van der Waals surface area contributed by atoms with E-state index in [9.17, 15) is 31.6 Å². The van der Waals surface area contributed by atoms with E-state index in [0.717, 1.165) is 18.6 Å². The average Bonchev–Trinajstić information content (AvgIpc) is 2.82. The summed E-state index contributed by atoms with van der Waals surface area (Å²) in [6, 6.07) is 8.88. The Morgan fingerprint density at radius 1 is 1.18 bits per heavy atom. The van der Waals surface area contributed by atoms with E-state index < -0.39 is 27.7 Å². The molecule has 1 amide bonds. The highest BCUT2D eigenvalue weighted by Crippen LogP contribution is 2.33. The van der Waals surface area contributed by atoms with E-state index in [2.05, 4.69) is 0 Å². The van der Waals surface area contributed by atoms with E-state index in [-0.39, 0.29) is 35.4 Å². The molecule has 0 atom stereocenters. The Hall–Kier alpha value is -2.28. The predicted octanol–water partition coefficient (Wildman–Crippen LogP) is 4.56. The fourth-order valence-corrected chi connectivity index (χ4v) is 6.27. The van der Waals surface area contributed by atoms with E-state index in [0.29, 0.717) is 23.5 Å². The van der Waals surface area contributed by atoms with Gasteiger partial charge in [0.2, 0.25) is 10.0 Å². The van der Waals surface area contributed by atoms with Gasteiger partial charge in [-0.3, -0.25) is 10.0 Å². The molecule has 1 aliphatic heterocycles. The van der Waals surface area contributed by atoms with Gasteiger partial charge in [-0.05, 0) is 61.4 Å². The second kappa shape index (κ2) is 11.0. The number of amides is 1. The van der Waals surface area contributed by atoms with Crippen LogP contribution in [0.25, 0.3) is 0 Å². The van der Waals surface area contributed by atoms with Crippen molar-refractivity contribution in [3.8, 4) is 5.75 Å².